The van der Waals surface area contributed by atoms with Gasteiger partial charge in [0.25, 0.3) is 0 Å². The molecular formula is C17H23N5O3. The minimum Gasteiger partial charge on any atom is -0.473 e. The molecule has 0 radical (unpaired) electrons. The minimum atomic E-state index is -0.178. The van der Waals surface area contributed by atoms with Crippen molar-refractivity contribution < 1.29 is 14.1 Å². The van der Waals surface area contributed by atoms with Crippen molar-refractivity contribution in [3.05, 3.63) is 30.0 Å². The van der Waals surface area contributed by atoms with Crippen LogP contribution in [0.4, 0.5) is 10.5 Å². The van der Waals surface area contributed by atoms with E-state index in [9.17, 15) is 4.79 Å². The van der Waals surface area contributed by atoms with Gasteiger partial charge in [-0.15, -0.1) is 0 Å². The predicted octanol–water partition coefficient (Wildman–Crippen LogP) is 2.97. The van der Waals surface area contributed by atoms with Gasteiger partial charge >= 0.3 is 6.03 Å². The van der Waals surface area contributed by atoms with Gasteiger partial charge in [0.2, 0.25) is 11.8 Å². The van der Waals surface area contributed by atoms with Crippen molar-refractivity contribution in [3.8, 4) is 5.88 Å². The zero-order chi connectivity index (χ0) is 17.8. The summed E-state index contributed by atoms with van der Waals surface area (Å²) in [5.41, 5.74) is 0.567. The summed E-state index contributed by atoms with van der Waals surface area (Å²) in [7, 11) is 0. The number of nitrogens with one attached hydrogen (secondary N) is 1. The fraction of sp³-hybridized carbons (Fsp3) is 0.529. The minimum absolute atomic E-state index is 0.0225. The van der Waals surface area contributed by atoms with E-state index >= 15 is 0 Å². The van der Waals surface area contributed by atoms with E-state index in [-0.39, 0.29) is 18.1 Å². The van der Waals surface area contributed by atoms with Crippen LogP contribution < -0.4 is 10.1 Å². The summed E-state index contributed by atoms with van der Waals surface area (Å²) in [6.07, 6.45) is 3.44. The van der Waals surface area contributed by atoms with Crippen LogP contribution in [0.2, 0.25) is 0 Å². The molecule has 1 aliphatic heterocycles. The van der Waals surface area contributed by atoms with Gasteiger partial charge in [-0.3, -0.25) is 0 Å². The van der Waals surface area contributed by atoms with E-state index < -0.39 is 0 Å². The molecule has 1 atom stereocenters. The van der Waals surface area contributed by atoms with Gasteiger partial charge in [-0.2, -0.15) is 4.98 Å². The normalized spacial score (nSPS) is 17.6. The molecule has 0 aromatic carbocycles. The summed E-state index contributed by atoms with van der Waals surface area (Å²) >= 11 is 0. The lowest BCUT2D eigenvalue weighted by molar-refractivity contribution is 0.183. The second-order valence-electron chi connectivity index (χ2n) is 6.42. The van der Waals surface area contributed by atoms with E-state index in [1.54, 1.807) is 30.2 Å². The van der Waals surface area contributed by atoms with Crippen LogP contribution >= 0.6 is 0 Å². The number of aromatic nitrogens is 3. The monoisotopic (exact) mass is 345 g/mol. The Morgan fingerprint density at radius 3 is 3.04 bits per heavy atom. The van der Waals surface area contributed by atoms with Gasteiger partial charge in [0.05, 0.1) is 12.0 Å². The van der Waals surface area contributed by atoms with E-state index in [2.05, 4.69) is 20.4 Å². The number of urea groups is 1. The Hall–Kier alpha value is -2.64. The molecular weight excluding hydrogens is 322 g/mol. The van der Waals surface area contributed by atoms with Crippen molar-refractivity contribution in [2.24, 2.45) is 0 Å². The number of pyridine rings is 1. The molecule has 2 amide bonds. The summed E-state index contributed by atoms with van der Waals surface area (Å²) < 4.78 is 10.9. The van der Waals surface area contributed by atoms with Crippen molar-refractivity contribution in [1.29, 1.82) is 0 Å². The molecule has 3 rings (SSSR count). The molecule has 2 aromatic heterocycles. The third-order valence-electron chi connectivity index (χ3n) is 3.96. The first-order valence-electron chi connectivity index (χ1n) is 8.50. The summed E-state index contributed by atoms with van der Waals surface area (Å²) in [5.74, 6) is 1.70. The quantitative estimate of drug-likeness (QED) is 0.915. The number of amides is 2. The van der Waals surface area contributed by atoms with Crippen molar-refractivity contribution in [2.45, 2.75) is 45.6 Å². The van der Waals surface area contributed by atoms with Crippen LogP contribution in [-0.4, -0.2) is 45.2 Å². The number of hydrogen-bond acceptors (Lipinski definition) is 6. The second kappa shape index (κ2) is 7.50. The maximum Gasteiger partial charge on any atom is 0.322 e. The van der Waals surface area contributed by atoms with Crippen LogP contribution in [0.1, 0.15) is 44.3 Å². The average Bonchev–Trinajstić information content (AvgIpc) is 3.03. The van der Waals surface area contributed by atoms with Crippen LogP contribution in [0.5, 0.6) is 5.88 Å². The third kappa shape index (κ3) is 4.26. The molecule has 1 unspecified atom stereocenters. The van der Waals surface area contributed by atoms with E-state index in [0.29, 0.717) is 36.4 Å². The number of anilines is 1. The highest BCUT2D eigenvalue weighted by molar-refractivity contribution is 5.90. The van der Waals surface area contributed by atoms with Crippen molar-refractivity contribution >= 4 is 11.7 Å². The number of hydrogen-bond donors (Lipinski definition) is 1. The molecule has 1 saturated heterocycles. The van der Waals surface area contributed by atoms with Gasteiger partial charge in [-0.1, -0.05) is 5.16 Å². The van der Waals surface area contributed by atoms with Gasteiger partial charge in [-0.25, -0.2) is 9.78 Å². The first-order chi connectivity index (χ1) is 12.0. The average molecular weight is 345 g/mol. The smallest absolute Gasteiger partial charge is 0.322 e. The van der Waals surface area contributed by atoms with Crippen LogP contribution in [0.15, 0.2) is 22.9 Å². The summed E-state index contributed by atoms with van der Waals surface area (Å²) in [6.45, 7) is 6.87. The molecule has 1 fully saturated rings. The van der Waals surface area contributed by atoms with Gasteiger partial charge in [0.1, 0.15) is 5.69 Å². The first-order valence-corrected chi connectivity index (χ1v) is 8.50. The van der Waals surface area contributed by atoms with Gasteiger partial charge in [0.15, 0.2) is 5.82 Å². The number of carbonyl (C=O) groups excluding carboxylic acids is 1. The molecule has 0 saturated carbocycles. The molecule has 1 N–H and O–H groups in total. The Labute approximate surface area is 146 Å². The zero-order valence-corrected chi connectivity index (χ0v) is 14.7. The highest BCUT2D eigenvalue weighted by Crippen LogP contribution is 2.27. The molecule has 8 nitrogen and oxygen atoms in total. The van der Waals surface area contributed by atoms with Gasteiger partial charge in [0, 0.05) is 19.3 Å². The summed E-state index contributed by atoms with van der Waals surface area (Å²) in [5, 5.41) is 6.73. The van der Waals surface area contributed by atoms with E-state index in [1.165, 1.54) is 0 Å². The highest BCUT2D eigenvalue weighted by Gasteiger charge is 2.28. The lowest BCUT2D eigenvalue weighted by Gasteiger charge is -2.31. The topological polar surface area (TPSA) is 93.4 Å². The maximum atomic E-state index is 12.7. The fourth-order valence-corrected chi connectivity index (χ4v) is 2.84. The molecule has 1 aliphatic rings. The Morgan fingerprint density at radius 2 is 2.32 bits per heavy atom. The van der Waals surface area contributed by atoms with Crippen LogP contribution in [-0.2, 0) is 0 Å². The number of aryl methyl sites for hydroxylation is 1. The van der Waals surface area contributed by atoms with E-state index in [4.69, 9.17) is 9.26 Å². The second-order valence-corrected chi connectivity index (χ2v) is 6.42. The third-order valence-corrected chi connectivity index (χ3v) is 3.96. The number of nitrogens with zero attached hydrogens (tertiary/aromatic N) is 4. The number of piperidine rings is 1. The number of likely N-dealkylation sites (tertiary alicyclic amines) is 1. The van der Waals surface area contributed by atoms with Crippen molar-refractivity contribution in [3.63, 3.8) is 0 Å². The summed E-state index contributed by atoms with van der Waals surface area (Å²) in [4.78, 5) is 22.9. The number of carbonyl (C=O) groups is 1. The van der Waals surface area contributed by atoms with Crippen molar-refractivity contribution in [1.82, 2.24) is 20.0 Å². The number of rotatable bonds is 4. The fourth-order valence-electron chi connectivity index (χ4n) is 2.84. The van der Waals surface area contributed by atoms with Crippen LogP contribution in [0.25, 0.3) is 0 Å². The Balaban J connectivity index is 1.67. The molecule has 8 heteroatoms. The molecule has 0 spiro atoms. The summed E-state index contributed by atoms with van der Waals surface area (Å²) in [6, 6.07) is 3.37. The Kier molecular flexibility index (Phi) is 5.16. The molecule has 2 aromatic rings. The standard InChI is InChI=1S/C17H23N5O3/c1-11(2)24-16-14(7-4-8-18-16)20-17(23)22-9-5-6-13(10-22)15-19-12(3)21-25-15/h4,7-8,11,13H,5-6,9-10H2,1-3H3,(H,20,23). The largest absolute Gasteiger partial charge is 0.473 e. The van der Waals surface area contributed by atoms with Crippen LogP contribution in [0, 0.1) is 6.92 Å². The molecule has 3 heterocycles. The molecule has 134 valence electrons. The lowest BCUT2D eigenvalue weighted by atomic mass is 9.98. The molecule has 0 bridgehead atoms. The lowest BCUT2D eigenvalue weighted by Crippen LogP contribution is -2.41. The zero-order valence-electron chi connectivity index (χ0n) is 14.7. The van der Waals surface area contributed by atoms with Gasteiger partial charge in [-0.05, 0) is 45.7 Å². The maximum absolute atomic E-state index is 12.7. The van der Waals surface area contributed by atoms with E-state index in [0.717, 1.165) is 12.8 Å². The number of ether oxygens (including phenoxy) is 1. The van der Waals surface area contributed by atoms with Crippen LogP contribution in [0.3, 0.4) is 0 Å². The first kappa shape index (κ1) is 17.2. The van der Waals surface area contributed by atoms with E-state index in [1.807, 2.05) is 13.8 Å². The Morgan fingerprint density at radius 1 is 1.48 bits per heavy atom. The Bertz CT molecular complexity index is 731. The predicted molar refractivity (Wildman–Crippen MR) is 91.6 cm³/mol. The highest BCUT2D eigenvalue weighted by atomic mass is 16.5. The molecule has 25 heavy (non-hydrogen) atoms. The molecule has 0 aliphatic carbocycles. The van der Waals surface area contributed by atoms with Crippen molar-refractivity contribution in [2.75, 3.05) is 18.4 Å². The SMILES string of the molecule is Cc1noc(C2CCCN(C(=O)Nc3cccnc3OC(C)C)C2)n1. The van der Waals surface area contributed by atoms with Gasteiger partial charge < -0.3 is 19.5 Å².